The molecule has 0 saturated carbocycles. The maximum atomic E-state index is 10.3. The first-order valence-electron chi connectivity index (χ1n) is 4.74. The van der Waals surface area contributed by atoms with E-state index in [-0.39, 0.29) is 10.6 Å². The van der Waals surface area contributed by atoms with Crippen LogP contribution < -0.4 is 10.6 Å². The summed E-state index contributed by atoms with van der Waals surface area (Å²) in [6.45, 7) is 0.821. The van der Waals surface area contributed by atoms with Crippen LogP contribution in [0.1, 0.15) is 0 Å². The summed E-state index contributed by atoms with van der Waals surface area (Å²) in [4.78, 5) is 30.6. The third-order valence-corrected chi connectivity index (χ3v) is 3.93. The fourth-order valence-electron chi connectivity index (χ4n) is 1.10. The van der Waals surface area contributed by atoms with Gasteiger partial charge in [-0.05, 0) is 0 Å². The molecule has 0 aromatic heterocycles. The number of aliphatic carboxylic acids is 2. The molecule has 0 aliphatic carbocycles. The maximum Gasteiger partial charge on any atom is 0.331 e. The second kappa shape index (κ2) is 6.72. The van der Waals surface area contributed by atoms with E-state index in [4.69, 9.17) is 10.2 Å². The molecule has 2 aliphatic rings. The molecular formula is C8H12N2O5S2. The van der Waals surface area contributed by atoms with Gasteiger partial charge in [0.05, 0.1) is 0 Å². The summed E-state index contributed by atoms with van der Waals surface area (Å²) >= 11 is 2.44. The Morgan fingerprint density at radius 2 is 2.00 bits per heavy atom. The lowest BCUT2D eigenvalue weighted by Crippen LogP contribution is -2.33. The Hall–Kier alpha value is -0.930. The largest absolute Gasteiger partial charge is 0.480 e. The van der Waals surface area contributed by atoms with Crippen molar-refractivity contribution in [3.8, 4) is 0 Å². The lowest BCUT2D eigenvalue weighted by atomic mass is 10.4. The van der Waals surface area contributed by atoms with Crippen LogP contribution in [0.2, 0.25) is 0 Å². The second-order valence-corrected chi connectivity index (χ2v) is 5.38. The monoisotopic (exact) mass is 280 g/mol. The number of hydrogen-bond donors (Lipinski definition) is 4. The average Bonchev–Trinajstić information content (AvgIpc) is 2.87. The number of thioether (sulfide) groups is 2. The molecule has 2 saturated heterocycles. The summed E-state index contributed by atoms with van der Waals surface area (Å²) in [5, 5.41) is 21.1. The van der Waals surface area contributed by atoms with Gasteiger partial charge in [-0.3, -0.25) is 10.1 Å². The first kappa shape index (κ1) is 14.1. The van der Waals surface area contributed by atoms with Crippen LogP contribution in [0.25, 0.3) is 0 Å². The SMILES string of the molecule is O=C(O)C1NCCS1.O=C1NC(C(=O)O)CS1. The number of hydrogen-bond acceptors (Lipinski definition) is 6. The summed E-state index contributed by atoms with van der Waals surface area (Å²) in [5.41, 5.74) is 0. The van der Waals surface area contributed by atoms with Crippen molar-refractivity contribution in [1.82, 2.24) is 10.6 Å². The van der Waals surface area contributed by atoms with Gasteiger partial charge in [0.1, 0.15) is 6.04 Å². The van der Waals surface area contributed by atoms with Gasteiger partial charge in [-0.2, -0.15) is 0 Å². The highest BCUT2D eigenvalue weighted by Crippen LogP contribution is 2.13. The molecule has 17 heavy (non-hydrogen) atoms. The second-order valence-electron chi connectivity index (χ2n) is 3.18. The zero-order chi connectivity index (χ0) is 12.8. The normalized spacial score (nSPS) is 26.9. The van der Waals surface area contributed by atoms with E-state index in [0.717, 1.165) is 24.1 Å². The van der Waals surface area contributed by atoms with Gasteiger partial charge < -0.3 is 15.5 Å². The highest BCUT2D eigenvalue weighted by molar-refractivity contribution is 8.14. The Morgan fingerprint density at radius 3 is 2.24 bits per heavy atom. The van der Waals surface area contributed by atoms with Gasteiger partial charge in [0, 0.05) is 18.1 Å². The van der Waals surface area contributed by atoms with Gasteiger partial charge in [-0.1, -0.05) is 11.8 Å². The molecule has 2 atom stereocenters. The van der Waals surface area contributed by atoms with E-state index in [1.807, 2.05) is 0 Å². The predicted molar refractivity (Wildman–Crippen MR) is 64.3 cm³/mol. The molecule has 1 amide bonds. The standard InChI is InChI=1S/C4H5NO3S.C4H7NO2S/c6-3(7)2-1-9-4(8)5-2;6-4(7)3-5-1-2-8-3/h2H,1H2,(H,5,8)(H,6,7);3,5H,1-2H2,(H,6,7). The third kappa shape index (κ3) is 4.84. The smallest absolute Gasteiger partial charge is 0.331 e. The minimum atomic E-state index is -0.964. The molecule has 7 nitrogen and oxygen atoms in total. The van der Waals surface area contributed by atoms with Gasteiger partial charge in [0.25, 0.3) is 5.24 Å². The molecule has 4 N–H and O–H groups in total. The third-order valence-electron chi connectivity index (χ3n) is 1.91. The van der Waals surface area contributed by atoms with Crippen molar-refractivity contribution < 1.29 is 24.6 Å². The van der Waals surface area contributed by atoms with Crippen molar-refractivity contribution in [3.63, 3.8) is 0 Å². The summed E-state index contributed by atoms with van der Waals surface area (Å²) in [6, 6.07) is -0.678. The Labute approximate surface area is 106 Å². The topological polar surface area (TPSA) is 116 Å². The van der Waals surface area contributed by atoms with E-state index in [1.165, 1.54) is 11.8 Å². The van der Waals surface area contributed by atoms with E-state index >= 15 is 0 Å². The Balaban J connectivity index is 0.000000171. The van der Waals surface area contributed by atoms with Crippen LogP contribution in [-0.2, 0) is 9.59 Å². The minimum absolute atomic E-state index is 0.248. The number of amides is 1. The van der Waals surface area contributed by atoms with Crippen LogP contribution >= 0.6 is 23.5 Å². The minimum Gasteiger partial charge on any atom is -0.480 e. The highest BCUT2D eigenvalue weighted by atomic mass is 32.2. The summed E-state index contributed by atoms with van der Waals surface area (Å²) in [6.07, 6.45) is 0. The molecular weight excluding hydrogens is 268 g/mol. The zero-order valence-corrected chi connectivity index (χ0v) is 10.3. The molecule has 0 spiro atoms. The van der Waals surface area contributed by atoms with Crippen LogP contribution in [0.5, 0.6) is 0 Å². The number of carbonyl (C=O) groups is 3. The summed E-state index contributed by atoms with van der Waals surface area (Å²) in [7, 11) is 0. The summed E-state index contributed by atoms with van der Waals surface area (Å²) in [5.74, 6) is -0.466. The van der Waals surface area contributed by atoms with E-state index in [2.05, 4.69) is 10.6 Å². The molecule has 0 bridgehead atoms. The molecule has 0 radical (unpaired) electrons. The maximum absolute atomic E-state index is 10.3. The molecule has 2 fully saturated rings. The fourth-order valence-corrected chi connectivity index (χ4v) is 2.72. The van der Waals surface area contributed by atoms with Crippen LogP contribution in [-0.4, -0.2) is 56.9 Å². The predicted octanol–water partition coefficient (Wildman–Crippen LogP) is -0.370. The molecule has 96 valence electrons. The molecule has 2 aliphatic heterocycles. The molecule has 0 aromatic rings. The Morgan fingerprint density at radius 1 is 1.29 bits per heavy atom. The van der Waals surface area contributed by atoms with Crippen LogP contribution in [0.4, 0.5) is 4.79 Å². The van der Waals surface area contributed by atoms with Gasteiger partial charge in [0.2, 0.25) is 0 Å². The van der Waals surface area contributed by atoms with Gasteiger partial charge in [-0.25, -0.2) is 9.59 Å². The van der Waals surface area contributed by atoms with Crippen molar-refractivity contribution in [2.24, 2.45) is 0 Å². The highest BCUT2D eigenvalue weighted by Gasteiger charge is 2.27. The first-order valence-corrected chi connectivity index (χ1v) is 6.78. The number of carbonyl (C=O) groups excluding carboxylic acids is 1. The molecule has 2 heterocycles. The first-order chi connectivity index (χ1) is 8.00. The lowest BCUT2D eigenvalue weighted by molar-refractivity contribution is -0.138. The van der Waals surface area contributed by atoms with E-state index in [9.17, 15) is 14.4 Å². The van der Waals surface area contributed by atoms with Crippen LogP contribution in [0, 0.1) is 0 Å². The zero-order valence-electron chi connectivity index (χ0n) is 8.71. The van der Waals surface area contributed by atoms with Crippen molar-refractivity contribution in [3.05, 3.63) is 0 Å². The van der Waals surface area contributed by atoms with Crippen molar-refractivity contribution in [2.45, 2.75) is 11.4 Å². The number of carboxylic acid groups (broad SMARTS) is 2. The Bertz CT molecular complexity index is 319. The van der Waals surface area contributed by atoms with Crippen molar-refractivity contribution in [2.75, 3.05) is 18.1 Å². The van der Waals surface area contributed by atoms with Crippen molar-refractivity contribution in [1.29, 1.82) is 0 Å². The number of rotatable bonds is 2. The lowest BCUT2D eigenvalue weighted by Gasteiger charge is -1.98. The van der Waals surface area contributed by atoms with E-state index < -0.39 is 18.0 Å². The van der Waals surface area contributed by atoms with Gasteiger partial charge in [-0.15, -0.1) is 11.8 Å². The van der Waals surface area contributed by atoms with Gasteiger partial charge in [0.15, 0.2) is 5.37 Å². The molecule has 9 heteroatoms. The van der Waals surface area contributed by atoms with Crippen LogP contribution in [0.15, 0.2) is 0 Å². The summed E-state index contributed by atoms with van der Waals surface area (Å²) < 4.78 is 0. The van der Waals surface area contributed by atoms with E-state index in [0.29, 0.717) is 5.75 Å². The van der Waals surface area contributed by atoms with Crippen LogP contribution in [0.3, 0.4) is 0 Å². The Kier molecular flexibility index (Phi) is 5.59. The van der Waals surface area contributed by atoms with Crippen molar-refractivity contribution >= 4 is 40.7 Å². The fraction of sp³-hybridized carbons (Fsp3) is 0.625. The van der Waals surface area contributed by atoms with E-state index in [1.54, 1.807) is 0 Å². The van der Waals surface area contributed by atoms with Gasteiger partial charge >= 0.3 is 11.9 Å². The molecule has 2 unspecified atom stereocenters. The molecule has 0 aromatic carbocycles. The molecule has 2 rings (SSSR count). The average molecular weight is 280 g/mol. The number of carboxylic acids is 2. The number of nitrogens with one attached hydrogen (secondary N) is 2. The quantitative estimate of drug-likeness (QED) is 0.541.